The predicted octanol–water partition coefficient (Wildman–Crippen LogP) is 0.435. The molecule has 92 valence electrons. The fourth-order valence-electron chi connectivity index (χ4n) is 1.95. The second-order valence-corrected chi connectivity index (χ2v) is 5.08. The number of carbonyl (C=O) groups excluding carboxylic acids is 1. The Kier molecular flexibility index (Phi) is 3.44. The number of carbonyl (C=O) groups is 2. The van der Waals surface area contributed by atoms with Gasteiger partial charge in [-0.2, -0.15) is 0 Å². The molecule has 6 heteroatoms. The normalized spacial score (nSPS) is 16.4. The Bertz CT molecular complexity index is 444. The molecule has 3 N–H and O–H groups in total. The zero-order valence-electron chi connectivity index (χ0n) is 9.26. The van der Waals surface area contributed by atoms with Crippen LogP contribution < -0.4 is 5.73 Å². The van der Waals surface area contributed by atoms with Gasteiger partial charge in [-0.05, 0) is 23.4 Å². The quantitative estimate of drug-likeness (QED) is 0.819. The van der Waals surface area contributed by atoms with Gasteiger partial charge in [0.2, 0.25) is 5.91 Å². The van der Waals surface area contributed by atoms with E-state index < -0.39 is 12.0 Å². The molecule has 1 aliphatic rings. The highest BCUT2D eigenvalue weighted by Crippen LogP contribution is 2.24. The van der Waals surface area contributed by atoms with Gasteiger partial charge >= 0.3 is 5.97 Å². The lowest BCUT2D eigenvalue weighted by molar-refractivity contribution is -0.142. The second-order valence-electron chi connectivity index (χ2n) is 4.08. The molecule has 1 aromatic heterocycles. The molecule has 0 saturated heterocycles. The maximum absolute atomic E-state index is 11.9. The average molecular weight is 254 g/mol. The summed E-state index contributed by atoms with van der Waals surface area (Å²) in [6.07, 6.45) is 0.518. The molecule has 0 fully saturated rings. The van der Waals surface area contributed by atoms with E-state index in [1.54, 1.807) is 16.2 Å². The fourth-order valence-corrected chi connectivity index (χ4v) is 2.84. The standard InChI is InChI=1S/C11H14N2O3S/c12-8(5-10(14)15)11(16)13-3-1-9-7(6-13)2-4-17-9/h2,4,8H,1,3,5-6,12H2,(H,14,15). The number of fused-ring (bicyclic) bond motifs is 1. The van der Waals surface area contributed by atoms with E-state index in [9.17, 15) is 9.59 Å². The number of carboxylic acid groups (broad SMARTS) is 1. The number of nitrogens with zero attached hydrogens (tertiary/aromatic N) is 1. The Morgan fingerprint density at radius 1 is 1.59 bits per heavy atom. The molecule has 1 unspecified atom stereocenters. The third-order valence-electron chi connectivity index (χ3n) is 2.83. The minimum atomic E-state index is -1.04. The second kappa shape index (κ2) is 4.85. The lowest BCUT2D eigenvalue weighted by Gasteiger charge is -2.28. The number of amides is 1. The Morgan fingerprint density at radius 3 is 3.06 bits per heavy atom. The molecule has 0 aromatic carbocycles. The van der Waals surface area contributed by atoms with Crippen LogP contribution in [0.3, 0.4) is 0 Å². The molecule has 1 aliphatic heterocycles. The van der Waals surface area contributed by atoms with Gasteiger partial charge in [-0.1, -0.05) is 0 Å². The molecule has 17 heavy (non-hydrogen) atoms. The molecule has 0 aliphatic carbocycles. The van der Waals surface area contributed by atoms with Crippen molar-refractivity contribution in [1.29, 1.82) is 0 Å². The molecule has 2 rings (SSSR count). The van der Waals surface area contributed by atoms with E-state index in [2.05, 4.69) is 0 Å². The van der Waals surface area contributed by atoms with E-state index in [1.807, 2.05) is 11.4 Å². The van der Waals surface area contributed by atoms with Gasteiger partial charge in [-0.3, -0.25) is 9.59 Å². The maximum atomic E-state index is 11.9. The van der Waals surface area contributed by atoms with Crippen molar-refractivity contribution in [3.8, 4) is 0 Å². The lowest BCUT2D eigenvalue weighted by atomic mass is 10.1. The minimum absolute atomic E-state index is 0.274. The van der Waals surface area contributed by atoms with Crippen LogP contribution in [0.1, 0.15) is 16.9 Å². The molecular formula is C11H14N2O3S. The van der Waals surface area contributed by atoms with Crippen LogP contribution in [0.2, 0.25) is 0 Å². The SMILES string of the molecule is NC(CC(=O)O)C(=O)N1CCc2sccc2C1. The van der Waals surface area contributed by atoms with Crippen LogP contribution in [0.15, 0.2) is 11.4 Å². The zero-order valence-corrected chi connectivity index (χ0v) is 10.1. The summed E-state index contributed by atoms with van der Waals surface area (Å²) >= 11 is 1.69. The first-order valence-corrected chi connectivity index (χ1v) is 6.27. The Hall–Kier alpha value is -1.40. The molecule has 2 heterocycles. The van der Waals surface area contributed by atoms with Crippen LogP contribution in [-0.4, -0.2) is 34.5 Å². The van der Waals surface area contributed by atoms with Gasteiger partial charge in [0, 0.05) is 18.0 Å². The van der Waals surface area contributed by atoms with Gasteiger partial charge < -0.3 is 15.7 Å². The van der Waals surface area contributed by atoms with Gasteiger partial charge in [0.15, 0.2) is 0 Å². The number of aliphatic carboxylic acids is 1. The Labute approximate surface area is 103 Å². The third kappa shape index (κ3) is 2.65. The Balaban J connectivity index is 2.00. The van der Waals surface area contributed by atoms with Crippen molar-refractivity contribution in [3.05, 3.63) is 21.9 Å². The van der Waals surface area contributed by atoms with Crippen LogP contribution >= 0.6 is 11.3 Å². The first-order chi connectivity index (χ1) is 8.08. The van der Waals surface area contributed by atoms with Crippen molar-refractivity contribution >= 4 is 23.2 Å². The summed E-state index contributed by atoms with van der Waals surface area (Å²) in [5, 5.41) is 10.6. The summed E-state index contributed by atoms with van der Waals surface area (Å²) in [6.45, 7) is 1.17. The molecule has 0 saturated carbocycles. The molecule has 0 radical (unpaired) electrons. The van der Waals surface area contributed by atoms with Gasteiger partial charge in [0.25, 0.3) is 0 Å². The average Bonchev–Trinajstić information content (AvgIpc) is 2.73. The van der Waals surface area contributed by atoms with Crippen molar-refractivity contribution in [2.75, 3.05) is 6.54 Å². The lowest BCUT2D eigenvalue weighted by Crippen LogP contribution is -2.46. The van der Waals surface area contributed by atoms with E-state index >= 15 is 0 Å². The van der Waals surface area contributed by atoms with Gasteiger partial charge in [-0.15, -0.1) is 11.3 Å². The number of carboxylic acids is 1. The number of thiophene rings is 1. The molecular weight excluding hydrogens is 240 g/mol. The zero-order chi connectivity index (χ0) is 12.4. The van der Waals surface area contributed by atoms with Crippen LogP contribution in [0.5, 0.6) is 0 Å². The smallest absolute Gasteiger partial charge is 0.305 e. The summed E-state index contributed by atoms with van der Waals surface area (Å²) in [5.74, 6) is -1.32. The molecule has 1 aromatic rings. The monoisotopic (exact) mass is 254 g/mol. The number of hydrogen-bond donors (Lipinski definition) is 2. The summed E-state index contributed by atoms with van der Waals surface area (Å²) in [6, 6.07) is 1.06. The number of hydrogen-bond acceptors (Lipinski definition) is 4. The van der Waals surface area contributed by atoms with Gasteiger partial charge in [0.05, 0.1) is 12.5 Å². The Morgan fingerprint density at radius 2 is 2.35 bits per heavy atom. The van der Waals surface area contributed by atoms with E-state index in [1.165, 1.54) is 4.88 Å². The maximum Gasteiger partial charge on any atom is 0.305 e. The predicted molar refractivity (Wildman–Crippen MR) is 63.7 cm³/mol. The van der Waals surface area contributed by atoms with Crippen LogP contribution in [0.25, 0.3) is 0 Å². The minimum Gasteiger partial charge on any atom is -0.481 e. The summed E-state index contributed by atoms with van der Waals surface area (Å²) in [7, 11) is 0. The van der Waals surface area contributed by atoms with Crippen molar-refractivity contribution in [2.45, 2.75) is 25.4 Å². The molecule has 0 spiro atoms. The molecule has 0 bridgehead atoms. The third-order valence-corrected chi connectivity index (χ3v) is 3.85. The first kappa shape index (κ1) is 12.1. The fraction of sp³-hybridized carbons (Fsp3) is 0.455. The van der Waals surface area contributed by atoms with Gasteiger partial charge in [0.1, 0.15) is 0 Å². The van der Waals surface area contributed by atoms with Crippen molar-refractivity contribution in [3.63, 3.8) is 0 Å². The van der Waals surface area contributed by atoms with E-state index in [0.29, 0.717) is 13.1 Å². The van der Waals surface area contributed by atoms with Crippen LogP contribution in [0, 0.1) is 0 Å². The largest absolute Gasteiger partial charge is 0.481 e. The summed E-state index contributed by atoms with van der Waals surface area (Å²) in [4.78, 5) is 25.4. The molecule has 5 nitrogen and oxygen atoms in total. The summed E-state index contributed by atoms with van der Waals surface area (Å²) in [5.41, 5.74) is 6.72. The van der Waals surface area contributed by atoms with E-state index in [-0.39, 0.29) is 12.3 Å². The van der Waals surface area contributed by atoms with Gasteiger partial charge in [-0.25, -0.2) is 0 Å². The van der Waals surface area contributed by atoms with E-state index in [4.69, 9.17) is 10.8 Å². The summed E-state index contributed by atoms with van der Waals surface area (Å²) < 4.78 is 0. The number of rotatable bonds is 3. The van der Waals surface area contributed by atoms with Crippen molar-refractivity contribution in [2.24, 2.45) is 5.73 Å². The van der Waals surface area contributed by atoms with Crippen molar-refractivity contribution < 1.29 is 14.7 Å². The topological polar surface area (TPSA) is 83.6 Å². The van der Waals surface area contributed by atoms with Crippen molar-refractivity contribution in [1.82, 2.24) is 4.90 Å². The highest BCUT2D eigenvalue weighted by atomic mass is 32.1. The van der Waals surface area contributed by atoms with E-state index in [0.717, 1.165) is 12.0 Å². The first-order valence-electron chi connectivity index (χ1n) is 5.39. The molecule has 1 amide bonds. The van der Waals surface area contributed by atoms with Crippen LogP contribution in [-0.2, 0) is 22.6 Å². The van der Waals surface area contributed by atoms with Crippen LogP contribution in [0.4, 0.5) is 0 Å². The number of nitrogens with two attached hydrogens (primary N) is 1. The molecule has 1 atom stereocenters. The highest BCUT2D eigenvalue weighted by molar-refractivity contribution is 7.10. The highest BCUT2D eigenvalue weighted by Gasteiger charge is 2.26.